The smallest absolute Gasteiger partial charge is 0.253 e. The topological polar surface area (TPSA) is 46.3 Å². The maximum atomic E-state index is 12.8. The number of hydrogen-bond acceptors (Lipinski definition) is 3. The maximum absolute atomic E-state index is 12.8. The molecule has 0 aliphatic rings. The molecule has 0 fully saturated rings. The van der Waals surface area contributed by atoms with E-state index in [9.17, 15) is 4.79 Å². The Morgan fingerprint density at radius 1 is 1.17 bits per heavy atom. The van der Waals surface area contributed by atoms with Crippen LogP contribution in [-0.2, 0) is 6.42 Å². The fraction of sp³-hybridized carbons (Fsp3) is 0.200. The van der Waals surface area contributed by atoms with E-state index >= 15 is 0 Å². The van der Waals surface area contributed by atoms with Gasteiger partial charge in [-0.25, -0.2) is 0 Å². The summed E-state index contributed by atoms with van der Waals surface area (Å²) in [5, 5.41) is 0. The van der Waals surface area contributed by atoms with Gasteiger partial charge in [-0.15, -0.1) is 0 Å². The minimum Gasteiger partial charge on any atom is -0.464 e. The summed E-state index contributed by atoms with van der Waals surface area (Å²) in [5.41, 5.74) is 2.53. The highest BCUT2D eigenvalue weighted by Crippen LogP contribution is 2.21. The zero-order chi connectivity index (χ0) is 16.9. The van der Waals surface area contributed by atoms with Crippen molar-refractivity contribution in [1.29, 1.82) is 0 Å². The minimum absolute atomic E-state index is 0.00756. The van der Waals surface area contributed by atoms with Crippen molar-refractivity contribution in [3.05, 3.63) is 78.3 Å². The molecule has 3 rings (SSSR count). The molecule has 0 unspecified atom stereocenters. The normalized spacial score (nSPS) is 11.9. The number of hydrogen-bond donors (Lipinski definition) is 0. The Bertz CT molecular complexity index is 798. The monoisotopic (exact) mass is 320 g/mol. The molecule has 0 N–H and O–H groups in total. The number of furan rings is 1. The van der Waals surface area contributed by atoms with Crippen LogP contribution in [0.4, 0.5) is 0 Å². The van der Waals surface area contributed by atoms with Crippen LogP contribution in [0.15, 0.2) is 71.5 Å². The van der Waals surface area contributed by atoms with E-state index in [0.29, 0.717) is 5.56 Å². The highest BCUT2D eigenvalue weighted by molar-refractivity contribution is 5.95. The third-order valence-electron chi connectivity index (χ3n) is 4.13. The van der Waals surface area contributed by atoms with Gasteiger partial charge in [0.2, 0.25) is 0 Å². The average molecular weight is 320 g/mol. The molecule has 122 valence electrons. The van der Waals surface area contributed by atoms with Crippen molar-refractivity contribution in [2.75, 3.05) is 7.05 Å². The molecular weight excluding hydrogens is 300 g/mol. The molecule has 1 amide bonds. The van der Waals surface area contributed by atoms with E-state index < -0.39 is 0 Å². The number of aromatic nitrogens is 1. The van der Waals surface area contributed by atoms with Gasteiger partial charge >= 0.3 is 0 Å². The van der Waals surface area contributed by atoms with Crippen molar-refractivity contribution in [1.82, 2.24) is 9.88 Å². The van der Waals surface area contributed by atoms with Crippen molar-refractivity contribution in [3.63, 3.8) is 0 Å². The summed E-state index contributed by atoms with van der Waals surface area (Å²) in [6.07, 6.45) is 4.13. The van der Waals surface area contributed by atoms with Crippen LogP contribution < -0.4 is 0 Å². The van der Waals surface area contributed by atoms with Crippen molar-refractivity contribution in [3.8, 4) is 11.3 Å². The quantitative estimate of drug-likeness (QED) is 0.712. The minimum atomic E-state index is -0.00756. The summed E-state index contributed by atoms with van der Waals surface area (Å²) in [6, 6.07) is 17.1. The number of benzene rings is 1. The van der Waals surface area contributed by atoms with Crippen molar-refractivity contribution < 1.29 is 9.21 Å². The Morgan fingerprint density at radius 3 is 2.75 bits per heavy atom. The summed E-state index contributed by atoms with van der Waals surface area (Å²) < 4.78 is 5.41. The van der Waals surface area contributed by atoms with Gasteiger partial charge < -0.3 is 9.32 Å². The molecule has 4 heteroatoms. The van der Waals surface area contributed by atoms with Crippen LogP contribution in [0.25, 0.3) is 11.3 Å². The molecule has 0 aliphatic heterocycles. The second-order valence-corrected chi connectivity index (χ2v) is 5.85. The number of carbonyl (C=O) groups excluding carboxylic acids is 1. The number of nitrogens with zero attached hydrogens (tertiary/aromatic N) is 2. The molecule has 24 heavy (non-hydrogen) atoms. The van der Waals surface area contributed by atoms with Gasteiger partial charge in [-0.1, -0.05) is 18.2 Å². The lowest BCUT2D eigenvalue weighted by Crippen LogP contribution is -2.36. The van der Waals surface area contributed by atoms with E-state index in [2.05, 4.69) is 4.98 Å². The Kier molecular flexibility index (Phi) is 4.75. The predicted octanol–water partition coefficient (Wildman–Crippen LogP) is 4.04. The van der Waals surface area contributed by atoms with E-state index in [1.54, 1.807) is 17.4 Å². The molecule has 3 aromatic rings. The van der Waals surface area contributed by atoms with Crippen LogP contribution in [0, 0.1) is 0 Å². The summed E-state index contributed by atoms with van der Waals surface area (Å²) in [4.78, 5) is 18.9. The Labute approximate surface area is 141 Å². The van der Waals surface area contributed by atoms with Crippen molar-refractivity contribution in [2.45, 2.75) is 19.4 Å². The summed E-state index contributed by atoms with van der Waals surface area (Å²) >= 11 is 0. The number of amides is 1. The van der Waals surface area contributed by atoms with Crippen LogP contribution in [0.5, 0.6) is 0 Å². The third-order valence-corrected chi connectivity index (χ3v) is 4.13. The standard InChI is InChI=1S/C20H20N2O2/c1-15(13-18-9-3-4-11-21-18)22(2)20(23)17-8-5-7-16(14-17)19-10-6-12-24-19/h3-12,14-15H,13H2,1-2H3/t15-/m1/s1. The highest BCUT2D eigenvalue weighted by Gasteiger charge is 2.18. The largest absolute Gasteiger partial charge is 0.464 e. The SMILES string of the molecule is C[C@H](Cc1ccccn1)N(C)C(=O)c1cccc(-c2ccco2)c1. The molecule has 0 saturated heterocycles. The Morgan fingerprint density at radius 2 is 2.04 bits per heavy atom. The molecule has 4 nitrogen and oxygen atoms in total. The first kappa shape index (κ1) is 16.0. The lowest BCUT2D eigenvalue weighted by Gasteiger charge is -2.25. The summed E-state index contributed by atoms with van der Waals surface area (Å²) in [7, 11) is 1.83. The van der Waals surface area contributed by atoms with E-state index in [1.807, 2.05) is 68.6 Å². The number of carbonyl (C=O) groups is 1. The van der Waals surface area contributed by atoms with Gasteiger partial charge in [0.25, 0.3) is 5.91 Å². The molecule has 0 saturated carbocycles. The van der Waals surface area contributed by atoms with Crippen LogP contribution in [0.3, 0.4) is 0 Å². The van der Waals surface area contributed by atoms with Gasteiger partial charge in [-0.05, 0) is 43.3 Å². The second kappa shape index (κ2) is 7.13. The maximum Gasteiger partial charge on any atom is 0.253 e. The van der Waals surface area contributed by atoms with Crippen LogP contribution in [-0.4, -0.2) is 28.9 Å². The van der Waals surface area contributed by atoms with E-state index in [-0.39, 0.29) is 11.9 Å². The van der Waals surface area contributed by atoms with Crippen LogP contribution in [0.1, 0.15) is 23.0 Å². The van der Waals surface area contributed by atoms with Crippen LogP contribution >= 0.6 is 0 Å². The van der Waals surface area contributed by atoms with Gasteiger partial charge in [0, 0.05) is 42.5 Å². The molecule has 0 radical (unpaired) electrons. The first-order valence-corrected chi connectivity index (χ1v) is 7.96. The van der Waals surface area contributed by atoms with Gasteiger partial charge in [-0.2, -0.15) is 0 Å². The fourth-order valence-corrected chi connectivity index (χ4v) is 2.61. The fourth-order valence-electron chi connectivity index (χ4n) is 2.61. The first-order chi connectivity index (χ1) is 11.6. The molecule has 1 atom stereocenters. The van der Waals surface area contributed by atoms with E-state index in [4.69, 9.17) is 4.42 Å². The lowest BCUT2D eigenvalue weighted by molar-refractivity contribution is 0.0743. The van der Waals surface area contributed by atoms with Crippen molar-refractivity contribution in [2.24, 2.45) is 0 Å². The lowest BCUT2D eigenvalue weighted by atomic mass is 10.1. The Hall–Kier alpha value is -2.88. The van der Waals surface area contributed by atoms with Gasteiger partial charge in [0.1, 0.15) is 5.76 Å². The number of rotatable bonds is 5. The number of likely N-dealkylation sites (N-methyl/N-ethyl adjacent to an activating group) is 1. The molecule has 0 aliphatic carbocycles. The van der Waals surface area contributed by atoms with E-state index in [1.165, 1.54) is 0 Å². The Balaban J connectivity index is 1.74. The van der Waals surface area contributed by atoms with Gasteiger partial charge in [0.05, 0.1) is 6.26 Å². The van der Waals surface area contributed by atoms with Crippen molar-refractivity contribution >= 4 is 5.91 Å². The molecule has 2 heterocycles. The highest BCUT2D eigenvalue weighted by atomic mass is 16.3. The van der Waals surface area contributed by atoms with E-state index in [0.717, 1.165) is 23.4 Å². The van der Waals surface area contributed by atoms with Gasteiger partial charge in [0.15, 0.2) is 0 Å². The summed E-state index contributed by atoms with van der Waals surface area (Å²) in [6.45, 7) is 2.03. The summed E-state index contributed by atoms with van der Waals surface area (Å²) in [5.74, 6) is 0.751. The molecule has 1 aromatic carbocycles. The molecule has 0 spiro atoms. The molecular formula is C20H20N2O2. The average Bonchev–Trinajstić information content (AvgIpc) is 3.16. The van der Waals surface area contributed by atoms with Crippen LogP contribution in [0.2, 0.25) is 0 Å². The second-order valence-electron chi connectivity index (χ2n) is 5.85. The predicted molar refractivity (Wildman–Crippen MR) is 93.6 cm³/mol. The first-order valence-electron chi connectivity index (χ1n) is 7.96. The molecule has 2 aromatic heterocycles. The zero-order valence-corrected chi connectivity index (χ0v) is 13.8. The third kappa shape index (κ3) is 3.54. The molecule has 0 bridgehead atoms. The van der Waals surface area contributed by atoms with Gasteiger partial charge in [-0.3, -0.25) is 9.78 Å². The zero-order valence-electron chi connectivity index (χ0n) is 13.8. The number of pyridine rings is 1.